The molecule has 176 valence electrons. The Kier molecular flexibility index (Phi) is 9.18. The van der Waals surface area contributed by atoms with E-state index in [0.29, 0.717) is 37.9 Å². The maximum Gasteiger partial charge on any atom is 0.222 e. The van der Waals surface area contributed by atoms with Crippen molar-refractivity contribution in [3.63, 3.8) is 0 Å². The molecule has 1 aliphatic heterocycles. The Morgan fingerprint density at radius 2 is 2.06 bits per heavy atom. The summed E-state index contributed by atoms with van der Waals surface area (Å²) in [6.45, 7) is 6.86. The van der Waals surface area contributed by atoms with Crippen molar-refractivity contribution in [1.82, 2.24) is 4.90 Å². The van der Waals surface area contributed by atoms with E-state index < -0.39 is 5.60 Å². The highest BCUT2D eigenvalue weighted by molar-refractivity contribution is 5.76. The molecule has 0 aromatic heterocycles. The van der Waals surface area contributed by atoms with Gasteiger partial charge in [0, 0.05) is 25.4 Å². The number of allylic oxidation sites excluding steroid dienone is 2. The number of aliphatic hydroxyl groups is 2. The summed E-state index contributed by atoms with van der Waals surface area (Å²) in [6, 6.07) is 0. The van der Waals surface area contributed by atoms with Crippen LogP contribution in [-0.4, -0.2) is 59.0 Å². The molecule has 5 nitrogen and oxygen atoms in total. The van der Waals surface area contributed by atoms with Gasteiger partial charge in [0.25, 0.3) is 0 Å². The highest BCUT2D eigenvalue weighted by atomic mass is 16.5. The molecule has 1 heterocycles. The van der Waals surface area contributed by atoms with Crippen LogP contribution in [0.3, 0.4) is 0 Å². The summed E-state index contributed by atoms with van der Waals surface area (Å²) in [5, 5.41) is 21.1. The summed E-state index contributed by atoms with van der Waals surface area (Å²) in [5.41, 5.74) is 0.863. The van der Waals surface area contributed by atoms with E-state index in [1.54, 1.807) is 0 Å². The Labute approximate surface area is 188 Å². The van der Waals surface area contributed by atoms with Gasteiger partial charge in [0.05, 0.1) is 24.9 Å². The van der Waals surface area contributed by atoms with Crippen LogP contribution < -0.4 is 0 Å². The van der Waals surface area contributed by atoms with Crippen molar-refractivity contribution in [3.8, 4) is 0 Å². The molecule has 1 amide bonds. The molecular weight excluding hydrogens is 390 g/mol. The predicted molar refractivity (Wildman–Crippen MR) is 124 cm³/mol. The molecule has 2 aliphatic carbocycles. The molecule has 3 aliphatic rings. The van der Waals surface area contributed by atoms with E-state index in [1.165, 1.54) is 5.57 Å². The van der Waals surface area contributed by atoms with Crippen LogP contribution in [0.4, 0.5) is 0 Å². The Morgan fingerprint density at radius 3 is 2.81 bits per heavy atom. The number of amides is 1. The minimum absolute atomic E-state index is 0.198. The van der Waals surface area contributed by atoms with E-state index in [4.69, 9.17) is 4.74 Å². The quantitative estimate of drug-likeness (QED) is 0.378. The standard InChI is InChI=1S/C26H43NO4/c1-3-4-11-26(2,30)12-7-9-22-23-18-20(17-21(23)19-24(22)28)8-5-6-10-25(29)27-13-15-31-16-14-27/h7,9,17,21-24,28,30H,3-6,8,10-16,18-19H2,1-2H3/t21-,22+,23-,24+,26+/m0/s1. The first-order chi connectivity index (χ1) is 14.9. The third-order valence-electron chi connectivity index (χ3n) is 7.44. The molecule has 1 saturated heterocycles. The number of rotatable bonds is 11. The summed E-state index contributed by atoms with van der Waals surface area (Å²) < 4.78 is 5.32. The average Bonchev–Trinajstić information content (AvgIpc) is 3.27. The van der Waals surface area contributed by atoms with Crippen molar-refractivity contribution in [2.45, 2.75) is 89.8 Å². The van der Waals surface area contributed by atoms with Gasteiger partial charge in [-0.2, -0.15) is 0 Å². The average molecular weight is 434 g/mol. The monoisotopic (exact) mass is 433 g/mol. The Bertz CT molecular complexity index is 635. The predicted octanol–water partition coefficient (Wildman–Crippen LogP) is 4.24. The van der Waals surface area contributed by atoms with Gasteiger partial charge in [-0.3, -0.25) is 4.79 Å². The molecule has 5 heteroatoms. The zero-order chi connectivity index (χ0) is 22.3. The fourth-order valence-corrected chi connectivity index (χ4v) is 5.53. The first-order valence-electron chi connectivity index (χ1n) is 12.5. The molecule has 31 heavy (non-hydrogen) atoms. The zero-order valence-electron chi connectivity index (χ0n) is 19.6. The Hall–Kier alpha value is -1.17. The summed E-state index contributed by atoms with van der Waals surface area (Å²) in [6.07, 6.45) is 15.7. The minimum Gasteiger partial charge on any atom is -0.392 e. The van der Waals surface area contributed by atoms with Crippen LogP contribution in [0.5, 0.6) is 0 Å². The Morgan fingerprint density at radius 1 is 1.29 bits per heavy atom. The second kappa shape index (κ2) is 11.6. The summed E-state index contributed by atoms with van der Waals surface area (Å²) in [5.74, 6) is 1.44. The van der Waals surface area contributed by atoms with Crippen molar-refractivity contribution < 1.29 is 19.7 Å². The number of morpholine rings is 1. The largest absolute Gasteiger partial charge is 0.392 e. The maximum absolute atomic E-state index is 12.3. The van der Waals surface area contributed by atoms with E-state index in [-0.39, 0.29) is 17.9 Å². The molecule has 3 rings (SSSR count). The molecule has 2 fully saturated rings. The van der Waals surface area contributed by atoms with E-state index >= 15 is 0 Å². The molecule has 0 aromatic rings. The van der Waals surface area contributed by atoms with Crippen molar-refractivity contribution in [2.24, 2.45) is 17.8 Å². The van der Waals surface area contributed by atoms with Gasteiger partial charge in [0.15, 0.2) is 0 Å². The van der Waals surface area contributed by atoms with E-state index in [2.05, 4.69) is 25.2 Å². The second-order valence-electron chi connectivity index (χ2n) is 10.2. The number of carbonyl (C=O) groups excluding carboxylic acids is 1. The lowest BCUT2D eigenvalue weighted by atomic mass is 9.87. The lowest BCUT2D eigenvalue weighted by molar-refractivity contribution is -0.135. The number of aliphatic hydroxyl groups excluding tert-OH is 1. The highest BCUT2D eigenvalue weighted by Gasteiger charge is 2.43. The van der Waals surface area contributed by atoms with Gasteiger partial charge in [-0.05, 0) is 63.7 Å². The molecule has 0 bridgehead atoms. The number of ether oxygens (including phenoxy) is 1. The number of unbranched alkanes of at least 4 members (excludes halogenated alkanes) is 2. The number of hydrogen-bond donors (Lipinski definition) is 2. The topological polar surface area (TPSA) is 70.0 Å². The molecule has 1 saturated carbocycles. The van der Waals surface area contributed by atoms with Crippen LogP contribution in [0.2, 0.25) is 0 Å². The van der Waals surface area contributed by atoms with Gasteiger partial charge in [-0.15, -0.1) is 0 Å². The van der Waals surface area contributed by atoms with Gasteiger partial charge >= 0.3 is 0 Å². The molecule has 0 spiro atoms. The van der Waals surface area contributed by atoms with Crippen LogP contribution in [0.15, 0.2) is 23.8 Å². The minimum atomic E-state index is -0.646. The maximum atomic E-state index is 12.3. The van der Waals surface area contributed by atoms with E-state index in [9.17, 15) is 15.0 Å². The summed E-state index contributed by atoms with van der Waals surface area (Å²) in [7, 11) is 0. The van der Waals surface area contributed by atoms with Crippen LogP contribution in [-0.2, 0) is 9.53 Å². The van der Waals surface area contributed by atoms with Gasteiger partial charge in [0.2, 0.25) is 5.91 Å². The second-order valence-corrected chi connectivity index (χ2v) is 10.2. The highest BCUT2D eigenvalue weighted by Crippen LogP contribution is 2.48. The van der Waals surface area contributed by atoms with E-state index in [1.807, 2.05) is 11.8 Å². The zero-order valence-corrected chi connectivity index (χ0v) is 19.6. The van der Waals surface area contributed by atoms with Crippen LogP contribution in [0.25, 0.3) is 0 Å². The first kappa shape index (κ1) is 24.5. The fourth-order valence-electron chi connectivity index (χ4n) is 5.53. The number of carbonyl (C=O) groups is 1. The van der Waals surface area contributed by atoms with Crippen LogP contribution >= 0.6 is 0 Å². The Balaban J connectivity index is 1.39. The lowest BCUT2D eigenvalue weighted by Crippen LogP contribution is -2.40. The summed E-state index contributed by atoms with van der Waals surface area (Å²) >= 11 is 0. The summed E-state index contributed by atoms with van der Waals surface area (Å²) in [4.78, 5) is 14.2. The fraction of sp³-hybridized carbons (Fsp3) is 0.808. The van der Waals surface area contributed by atoms with Crippen LogP contribution in [0, 0.1) is 17.8 Å². The third kappa shape index (κ3) is 7.16. The van der Waals surface area contributed by atoms with Crippen molar-refractivity contribution in [2.75, 3.05) is 26.3 Å². The SMILES string of the molecule is CCCC[C@@](C)(O)CC=C[C@@H]1[C@H]2CC(CCCCC(=O)N3CCOCC3)=C[C@H]2C[C@H]1O. The number of hydrogen-bond acceptors (Lipinski definition) is 4. The normalized spacial score (nSPS) is 30.5. The van der Waals surface area contributed by atoms with Crippen molar-refractivity contribution >= 4 is 5.91 Å². The third-order valence-corrected chi connectivity index (χ3v) is 7.44. The van der Waals surface area contributed by atoms with Gasteiger partial charge in [-0.25, -0.2) is 0 Å². The smallest absolute Gasteiger partial charge is 0.222 e. The molecule has 2 N–H and O–H groups in total. The van der Waals surface area contributed by atoms with Gasteiger partial charge in [0.1, 0.15) is 0 Å². The lowest BCUT2D eigenvalue weighted by Gasteiger charge is -2.26. The molecule has 0 radical (unpaired) electrons. The first-order valence-corrected chi connectivity index (χ1v) is 12.5. The van der Waals surface area contributed by atoms with Crippen LogP contribution in [0.1, 0.15) is 78.1 Å². The van der Waals surface area contributed by atoms with Crippen molar-refractivity contribution in [3.05, 3.63) is 23.8 Å². The van der Waals surface area contributed by atoms with Crippen molar-refractivity contribution in [1.29, 1.82) is 0 Å². The number of nitrogens with zero attached hydrogens (tertiary/aromatic N) is 1. The van der Waals surface area contributed by atoms with E-state index in [0.717, 1.165) is 64.5 Å². The molecule has 0 aromatic carbocycles. The molecular formula is C26H43NO4. The number of fused-ring (bicyclic) bond motifs is 1. The van der Waals surface area contributed by atoms with Gasteiger partial charge in [-0.1, -0.05) is 43.6 Å². The van der Waals surface area contributed by atoms with Gasteiger partial charge < -0.3 is 19.8 Å². The molecule has 0 unspecified atom stereocenters. The molecule has 5 atom stereocenters.